The molecule has 11 heteroatoms. The molecule has 0 unspecified atom stereocenters. The predicted molar refractivity (Wildman–Crippen MR) is 109 cm³/mol. The van der Waals surface area contributed by atoms with E-state index >= 15 is 0 Å². The predicted octanol–water partition coefficient (Wildman–Crippen LogP) is 1.48. The second-order valence-electron chi connectivity index (χ2n) is 6.07. The number of ether oxygens (including phenoxy) is 3. The molecule has 3 aromatic rings. The lowest BCUT2D eigenvalue weighted by atomic mass is 10.1. The topological polar surface area (TPSA) is 136 Å². The number of methoxy groups -OCH3 is 3. The highest BCUT2D eigenvalue weighted by atomic mass is 32.1. The first-order chi connectivity index (χ1) is 14.4. The van der Waals surface area contributed by atoms with Gasteiger partial charge in [-0.3, -0.25) is 14.6 Å². The maximum Gasteiger partial charge on any atom is 0.319 e. The van der Waals surface area contributed by atoms with Crippen molar-refractivity contribution in [3.8, 4) is 23.5 Å². The molecule has 0 fully saturated rings. The largest absolute Gasteiger partial charge is 0.496 e. The number of nitrogens with one attached hydrogen (secondary N) is 2. The number of thiazole rings is 1. The Bertz CT molecular complexity index is 1110. The van der Waals surface area contributed by atoms with Crippen LogP contribution >= 0.6 is 11.3 Å². The van der Waals surface area contributed by atoms with E-state index in [1.165, 1.54) is 27.5 Å². The first-order valence-electron chi connectivity index (χ1n) is 8.75. The number of amides is 1. The van der Waals surface area contributed by atoms with Crippen molar-refractivity contribution in [1.29, 1.82) is 0 Å². The van der Waals surface area contributed by atoms with Gasteiger partial charge in [0.2, 0.25) is 11.8 Å². The molecule has 2 heterocycles. The minimum Gasteiger partial charge on any atom is -0.496 e. The van der Waals surface area contributed by atoms with Gasteiger partial charge in [-0.2, -0.15) is 4.98 Å². The van der Waals surface area contributed by atoms with Crippen molar-refractivity contribution in [2.45, 2.75) is 13.0 Å². The van der Waals surface area contributed by atoms with Gasteiger partial charge in [-0.15, -0.1) is 0 Å². The summed E-state index contributed by atoms with van der Waals surface area (Å²) in [4.78, 5) is 34.5. The van der Waals surface area contributed by atoms with E-state index in [0.29, 0.717) is 17.0 Å². The van der Waals surface area contributed by atoms with Gasteiger partial charge in [0, 0.05) is 18.5 Å². The lowest BCUT2D eigenvalue weighted by Gasteiger charge is -2.13. The standard InChI is InChI=1S/C19H20N4O6S/c1-27-13-5-4-10(7-14-16(25)22-19(26)30-14)6-11(13)8-20-15(24)12-9-21-18(29-3)23-17(12)28-2/h4-6,9,25H,7-8H2,1-3H3,(H,20,24)(H,22,26). The molecular weight excluding hydrogens is 412 g/mol. The van der Waals surface area contributed by atoms with Crippen LogP contribution in [-0.4, -0.2) is 47.3 Å². The van der Waals surface area contributed by atoms with Crippen LogP contribution in [0.5, 0.6) is 23.5 Å². The molecule has 1 aromatic carbocycles. The molecule has 0 aliphatic heterocycles. The van der Waals surface area contributed by atoms with Gasteiger partial charge >= 0.3 is 10.9 Å². The summed E-state index contributed by atoms with van der Waals surface area (Å²) in [6.45, 7) is 0.167. The van der Waals surface area contributed by atoms with Crippen LogP contribution < -0.4 is 24.4 Å². The maximum absolute atomic E-state index is 12.6. The summed E-state index contributed by atoms with van der Waals surface area (Å²) in [6.07, 6.45) is 1.69. The average molecular weight is 432 g/mol. The van der Waals surface area contributed by atoms with Crippen LogP contribution in [0, 0.1) is 0 Å². The molecule has 0 spiro atoms. The Kier molecular flexibility index (Phi) is 6.52. The van der Waals surface area contributed by atoms with Crippen LogP contribution in [0.3, 0.4) is 0 Å². The molecule has 0 radical (unpaired) electrons. The molecular formula is C19H20N4O6S. The number of rotatable bonds is 8. The Morgan fingerprint density at radius 2 is 2.03 bits per heavy atom. The normalized spacial score (nSPS) is 10.5. The van der Waals surface area contributed by atoms with Crippen LogP contribution in [0.4, 0.5) is 0 Å². The van der Waals surface area contributed by atoms with E-state index in [9.17, 15) is 14.7 Å². The van der Waals surface area contributed by atoms with Crippen LogP contribution in [0.2, 0.25) is 0 Å². The van der Waals surface area contributed by atoms with Crippen molar-refractivity contribution in [3.63, 3.8) is 0 Å². The first-order valence-corrected chi connectivity index (χ1v) is 9.56. The van der Waals surface area contributed by atoms with E-state index < -0.39 is 5.91 Å². The minimum absolute atomic E-state index is 0.0908. The quantitative estimate of drug-likeness (QED) is 0.487. The van der Waals surface area contributed by atoms with E-state index in [4.69, 9.17) is 14.2 Å². The fraction of sp³-hybridized carbons (Fsp3) is 0.263. The Hall–Kier alpha value is -3.60. The molecule has 3 N–H and O–H groups in total. The molecule has 3 rings (SSSR count). The fourth-order valence-corrected chi connectivity index (χ4v) is 3.53. The fourth-order valence-electron chi connectivity index (χ4n) is 2.77. The smallest absolute Gasteiger partial charge is 0.319 e. The lowest BCUT2D eigenvalue weighted by Crippen LogP contribution is -2.24. The van der Waals surface area contributed by atoms with Crippen LogP contribution in [-0.2, 0) is 13.0 Å². The molecule has 10 nitrogen and oxygen atoms in total. The van der Waals surface area contributed by atoms with E-state index in [1.807, 2.05) is 12.1 Å². The molecule has 158 valence electrons. The van der Waals surface area contributed by atoms with Crippen LogP contribution in [0.25, 0.3) is 0 Å². The van der Waals surface area contributed by atoms with Gasteiger partial charge in [0.05, 0.1) is 32.4 Å². The first kappa shape index (κ1) is 21.1. The number of aromatic amines is 1. The van der Waals surface area contributed by atoms with E-state index in [2.05, 4.69) is 20.3 Å². The molecule has 0 aliphatic rings. The number of carbonyl (C=O) groups excluding carboxylic acids is 1. The Balaban J connectivity index is 1.78. The zero-order chi connectivity index (χ0) is 21.7. The number of carbonyl (C=O) groups is 1. The van der Waals surface area contributed by atoms with Gasteiger partial charge in [0.1, 0.15) is 11.3 Å². The highest BCUT2D eigenvalue weighted by Crippen LogP contribution is 2.25. The molecule has 30 heavy (non-hydrogen) atoms. The van der Waals surface area contributed by atoms with E-state index in [1.54, 1.807) is 6.07 Å². The summed E-state index contributed by atoms with van der Waals surface area (Å²) >= 11 is 0.947. The van der Waals surface area contributed by atoms with E-state index in [0.717, 1.165) is 22.5 Å². The number of aromatic hydroxyl groups is 1. The Morgan fingerprint density at radius 1 is 1.23 bits per heavy atom. The van der Waals surface area contributed by atoms with Gasteiger partial charge in [0.25, 0.3) is 5.91 Å². The summed E-state index contributed by atoms with van der Waals surface area (Å²) in [5, 5.41) is 12.6. The average Bonchev–Trinajstić information content (AvgIpc) is 3.07. The number of benzene rings is 1. The number of hydrogen-bond donors (Lipinski definition) is 3. The van der Waals surface area contributed by atoms with Crippen molar-refractivity contribution < 1.29 is 24.1 Å². The molecule has 0 atom stereocenters. The molecule has 0 aliphatic carbocycles. The molecule has 0 bridgehead atoms. The van der Waals surface area contributed by atoms with Crippen molar-refractivity contribution in [2.75, 3.05) is 21.3 Å². The molecule has 0 saturated heterocycles. The zero-order valence-corrected chi connectivity index (χ0v) is 17.3. The SMILES string of the molecule is COc1ncc(C(=O)NCc2cc(Cc3sc(=O)[nH]c3O)ccc2OC)c(OC)n1. The summed E-state index contributed by atoms with van der Waals surface area (Å²) < 4.78 is 15.4. The highest BCUT2D eigenvalue weighted by Gasteiger charge is 2.17. The molecule has 2 aromatic heterocycles. The van der Waals surface area contributed by atoms with Crippen LogP contribution in [0.1, 0.15) is 26.4 Å². The van der Waals surface area contributed by atoms with Gasteiger partial charge in [-0.25, -0.2) is 4.98 Å². The number of aromatic nitrogens is 3. The van der Waals surface area contributed by atoms with Gasteiger partial charge in [0.15, 0.2) is 0 Å². The summed E-state index contributed by atoms with van der Waals surface area (Å²) in [6, 6.07) is 5.52. The second kappa shape index (κ2) is 9.27. The maximum atomic E-state index is 12.6. The van der Waals surface area contributed by atoms with Gasteiger partial charge < -0.3 is 24.6 Å². The summed E-state index contributed by atoms with van der Waals surface area (Å²) in [5.41, 5.74) is 1.73. The summed E-state index contributed by atoms with van der Waals surface area (Å²) in [5.74, 6) is 0.118. The molecule has 0 saturated carbocycles. The van der Waals surface area contributed by atoms with Crippen molar-refractivity contribution in [1.82, 2.24) is 20.3 Å². The van der Waals surface area contributed by atoms with E-state index in [-0.39, 0.29) is 34.8 Å². The molecule has 1 amide bonds. The zero-order valence-electron chi connectivity index (χ0n) is 16.5. The highest BCUT2D eigenvalue weighted by molar-refractivity contribution is 7.09. The minimum atomic E-state index is -0.427. The van der Waals surface area contributed by atoms with Crippen LogP contribution in [0.15, 0.2) is 29.2 Å². The lowest BCUT2D eigenvalue weighted by molar-refractivity contribution is 0.0946. The van der Waals surface area contributed by atoms with Crippen molar-refractivity contribution in [2.24, 2.45) is 0 Å². The third kappa shape index (κ3) is 4.69. The number of nitrogens with zero attached hydrogens (tertiary/aromatic N) is 2. The third-order valence-electron chi connectivity index (χ3n) is 4.20. The second-order valence-corrected chi connectivity index (χ2v) is 7.14. The van der Waals surface area contributed by atoms with Crippen molar-refractivity contribution in [3.05, 3.63) is 55.6 Å². The van der Waals surface area contributed by atoms with Gasteiger partial charge in [-0.05, 0) is 17.7 Å². The number of hydrogen-bond acceptors (Lipinski definition) is 9. The summed E-state index contributed by atoms with van der Waals surface area (Å²) in [7, 11) is 4.35. The number of H-pyrrole nitrogens is 1. The van der Waals surface area contributed by atoms with Gasteiger partial charge in [-0.1, -0.05) is 17.4 Å². The van der Waals surface area contributed by atoms with Crippen molar-refractivity contribution >= 4 is 17.2 Å². The monoisotopic (exact) mass is 432 g/mol. The third-order valence-corrected chi connectivity index (χ3v) is 5.07. The Morgan fingerprint density at radius 3 is 2.67 bits per heavy atom. The Labute approximate surface area is 175 Å².